The molecule has 4 atom stereocenters. The molecular formula is C143H109N3. The SMILES string of the molecule is CC1(C)c2ccccc2-c2cccc(N(c3ccc(-c4ccccc4)cc3)c3ccc4c(c3)C(C)(c3ccccc3)c3ccccc3-4)c21.CC1(c2ccccc2)c2ccccc2-c2ccc(N(c3ccc(-c4ccccc4)cc3)c3ccc4c(c3)C(C)(c3ccccc3)c3ccccc3-4)cc21.CC1(c2ccccc2)c2ccccc2-c2ccc(N(c3ccc(-c4ccccc4)cc3)c3cccc(-c4ccccc4)c3)cc21. The number of nitrogens with zero attached hydrogens (tertiary/aromatic N) is 3. The number of benzene rings is 22. The average molecular weight is 1870 g/mol. The molecule has 0 amide bonds. The molecule has 0 saturated heterocycles. The number of rotatable bonds is 17. The van der Waals surface area contributed by atoms with Crippen molar-refractivity contribution < 1.29 is 0 Å². The van der Waals surface area contributed by atoms with E-state index in [1.54, 1.807) is 0 Å². The van der Waals surface area contributed by atoms with Crippen LogP contribution in [0.4, 0.5) is 51.2 Å². The lowest BCUT2D eigenvalue weighted by atomic mass is 9.74. The molecule has 146 heavy (non-hydrogen) atoms. The molecular weight excluding hydrogens is 1760 g/mol. The Morgan fingerprint density at radius 1 is 0.130 bits per heavy atom. The van der Waals surface area contributed by atoms with E-state index in [2.05, 4.69) is 608 Å². The molecule has 0 N–H and O–H groups in total. The fourth-order valence-electron chi connectivity index (χ4n) is 24.9. The summed E-state index contributed by atoms with van der Waals surface area (Å²) in [6, 6.07) is 202. The summed E-state index contributed by atoms with van der Waals surface area (Å²) in [5.41, 5.74) is 50.6. The summed E-state index contributed by atoms with van der Waals surface area (Å²) in [6.45, 7) is 14.3. The Kier molecular flexibility index (Phi) is 22.5. The van der Waals surface area contributed by atoms with Crippen LogP contribution >= 0.6 is 0 Å². The molecule has 3 heteroatoms. The lowest BCUT2D eigenvalue weighted by molar-refractivity contribution is 0.660. The van der Waals surface area contributed by atoms with Crippen molar-refractivity contribution in [3.05, 3.63) is 630 Å². The van der Waals surface area contributed by atoms with Gasteiger partial charge in [-0.05, 0) is 309 Å². The zero-order valence-corrected chi connectivity index (χ0v) is 82.9. The fourth-order valence-corrected chi connectivity index (χ4v) is 24.9. The van der Waals surface area contributed by atoms with Crippen LogP contribution in [0.1, 0.15) is 119 Å². The molecule has 0 aromatic heterocycles. The molecule has 696 valence electrons. The van der Waals surface area contributed by atoms with Crippen LogP contribution in [0.5, 0.6) is 0 Å². The molecule has 0 spiro atoms. The van der Waals surface area contributed by atoms with E-state index in [0.717, 1.165) is 45.5 Å². The summed E-state index contributed by atoms with van der Waals surface area (Å²) in [5, 5.41) is 0. The summed E-state index contributed by atoms with van der Waals surface area (Å²) in [6.07, 6.45) is 0. The van der Waals surface area contributed by atoms with Gasteiger partial charge < -0.3 is 14.7 Å². The van der Waals surface area contributed by atoms with Crippen molar-refractivity contribution in [2.24, 2.45) is 0 Å². The summed E-state index contributed by atoms with van der Waals surface area (Å²) in [5.74, 6) is 0. The van der Waals surface area contributed by atoms with Crippen LogP contribution in [-0.2, 0) is 27.1 Å². The Hall–Kier alpha value is -17.8. The number of hydrogen-bond donors (Lipinski definition) is 0. The molecule has 0 radical (unpaired) electrons. The first kappa shape index (κ1) is 89.6. The number of hydrogen-bond acceptors (Lipinski definition) is 3. The highest BCUT2D eigenvalue weighted by Crippen LogP contribution is 2.62. The average Bonchev–Trinajstić information content (AvgIpc) is 1.57. The quantitative estimate of drug-likeness (QED) is 0.0900. The Balaban J connectivity index is 0.000000115. The standard InChI is InChI=1S/C52H39N.C47H37N.C44H33N/c1-51(38-18-8-4-9-19-38)47-24-14-12-22-43(47)45-32-30-41(34-49(45)51)53(40-28-26-37(27-29-40)36-16-6-3-7-17-36)42-31-33-46-44-23-13-15-25-48(44)52(2,50(46)35-42)39-20-10-5-11-21-39;1-46(2)41-22-12-10-20-38(41)40-21-14-24-44(45(40)46)48(35-27-25-33(26-28-35)32-15-6-4-7-16-32)36-29-30-39-37-19-11-13-23-42(37)47(3,43(39)31-36)34-17-8-5-9-18-34;1-44(36-19-9-4-10-20-36)42-23-12-11-22-40(42)41-29-28-39(31-43(41)44)45(37-26-24-34(25-27-37)32-14-5-2-6-15-32)38-21-13-18-35(30-38)33-16-7-3-8-17-33/h3-35H,1-2H3;4-31H,1-3H3;2-31H,1H3. The molecule has 4 unspecified atom stereocenters. The van der Waals surface area contributed by atoms with Gasteiger partial charge in [0.05, 0.1) is 5.69 Å². The van der Waals surface area contributed by atoms with E-state index in [1.807, 2.05) is 0 Å². The number of fused-ring (bicyclic) bond motifs is 15. The summed E-state index contributed by atoms with van der Waals surface area (Å²) >= 11 is 0. The van der Waals surface area contributed by atoms with Crippen molar-refractivity contribution in [2.75, 3.05) is 14.7 Å². The molecule has 0 saturated carbocycles. The summed E-state index contributed by atoms with van der Waals surface area (Å²) < 4.78 is 0. The predicted octanol–water partition coefficient (Wildman–Crippen LogP) is 37.8. The monoisotopic (exact) mass is 1870 g/mol. The first-order valence-electron chi connectivity index (χ1n) is 51.2. The van der Waals surface area contributed by atoms with E-state index in [-0.39, 0.29) is 27.1 Å². The van der Waals surface area contributed by atoms with Crippen molar-refractivity contribution in [1.82, 2.24) is 0 Å². The molecule has 0 fully saturated rings. The topological polar surface area (TPSA) is 9.72 Å². The van der Waals surface area contributed by atoms with Crippen LogP contribution < -0.4 is 14.7 Å². The first-order valence-corrected chi connectivity index (χ1v) is 51.2. The van der Waals surface area contributed by atoms with Crippen molar-refractivity contribution in [3.63, 3.8) is 0 Å². The molecule has 22 aromatic rings. The minimum Gasteiger partial charge on any atom is -0.310 e. The molecule has 3 nitrogen and oxygen atoms in total. The largest absolute Gasteiger partial charge is 0.310 e. The molecule has 5 aliphatic carbocycles. The first-order chi connectivity index (χ1) is 71.7. The zero-order valence-electron chi connectivity index (χ0n) is 82.9. The van der Waals surface area contributed by atoms with Gasteiger partial charge in [-0.1, -0.05) is 463 Å². The van der Waals surface area contributed by atoms with Gasteiger partial charge in [-0.15, -0.1) is 0 Å². The molecule has 0 heterocycles. The smallest absolute Gasteiger partial charge is 0.0508 e. The normalized spacial score (nSPS) is 16.5. The van der Waals surface area contributed by atoms with Crippen LogP contribution in [-0.4, -0.2) is 0 Å². The van der Waals surface area contributed by atoms with Gasteiger partial charge in [0.1, 0.15) is 0 Å². The van der Waals surface area contributed by atoms with Crippen molar-refractivity contribution >= 4 is 51.2 Å². The highest BCUT2D eigenvalue weighted by atomic mass is 15.2. The lowest BCUT2D eigenvalue weighted by Crippen LogP contribution is -2.23. The van der Waals surface area contributed by atoms with Crippen LogP contribution in [0.25, 0.3) is 100 Å². The van der Waals surface area contributed by atoms with E-state index in [4.69, 9.17) is 0 Å². The van der Waals surface area contributed by atoms with Crippen molar-refractivity contribution in [3.8, 4) is 100 Å². The fraction of sp³-hybridized carbons (Fsp3) is 0.0769. The van der Waals surface area contributed by atoms with Crippen LogP contribution in [0.2, 0.25) is 0 Å². The second-order valence-electron chi connectivity index (χ2n) is 40.6. The van der Waals surface area contributed by atoms with Crippen molar-refractivity contribution in [2.45, 2.75) is 68.6 Å². The maximum Gasteiger partial charge on any atom is 0.0508 e. The van der Waals surface area contributed by atoms with Crippen LogP contribution in [0.3, 0.4) is 0 Å². The summed E-state index contributed by atoms with van der Waals surface area (Å²) in [4.78, 5) is 7.35. The molecule has 27 rings (SSSR count). The van der Waals surface area contributed by atoms with Crippen LogP contribution in [0.15, 0.2) is 552 Å². The summed E-state index contributed by atoms with van der Waals surface area (Å²) in [7, 11) is 0. The Labute approximate surface area is 858 Å². The highest BCUT2D eigenvalue weighted by Gasteiger charge is 2.47. The van der Waals surface area contributed by atoms with Gasteiger partial charge in [0.25, 0.3) is 0 Å². The zero-order chi connectivity index (χ0) is 98.3. The molecule has 22 aromatic carbocycles. The highest BCUT2D eigenvalue weighted by molar-refractivity contribution is 5.97. The lowest BCUT2D eigenvalue weighted by Gasteiger charge is -2.33. The van der Waals surface area contributed by atoms with Crippen LogP contribution in [0, 0.1) is 0 Å². The minimum atomic E-state index is -0.294. The van der Waals surface area contributed by atoms with Gasteiger partial charge in [0, 0.05) is 72.6 Å². The third kappa shape index (κ3) is 15.0. The number of anilines is 9. The van der Waals surface area contributed by atoms with E-state index in [0.29, 0.717) is 0 Å². The molecule has 0 bridgehead atoms. The third-order valence-corrected chi connectivity index (χ3v) is 32.3. The minimum absolute atomic E-state index is 0.156. The molecule has 0 aliphatic heterocycles. The maximum absolute atomic E-state index is 2.50. The van der Waals surface area contributed by atoms with Gasteiger partial charge in [0.2, 0.25) is 0 Å². The Morgan fingerprint density at radius 2 is 0.336 bits per heavy atom. The Bertz CT molecular complexity index is 8500. The second-order valence-corrected chi connectivity index (χ2v) is 40.6. The van der Waals surface area contributed by atoms with E-state index < -0.39 is 0 Å². The van der Waals surface area contributed by atoms with Gasteiger partial charge in [-0.3, -0.25) is 0 Å². The van der Waals surface area contributed by atoms with Crippen molar-refractivity contribution in [1.29, 1.82) is 0 Å². The van der Waals surface area contributed by atoms with E-state index in [1.165, 1.54) is 184 Å². The van der Waals surface area contributed by atoms with Gasteiger partial charge in [-0.2, -0.15) is 0 Å². The van der Waals surface area contributed by atoms with Gasteiger partial charge in [-0.25, -0.2) is 0 Å². The Morgan fingerprint density at radius 3 is 0.644 bits per heavy atom. The van der Waals surface area contributed by atoms with Gasteiger partial charge >= 0.3 is 0 Å². The second kappa shape index (κ2) is 36.6. The van der Waals surface area contributed by atoms with E-state index >= 15 is 0 Å². The molecule has 5 aliphatic rings. The predicted molar refractivity (Wildman–Crippen MR) is 612 cm³/mol. The van der Waals surface area contributed by atoms with E-state index in [9.17, 15) is 0 Å². The third-order valence-electron chi connectivity index (χ3n) is 32.3. The maximum atomic E-state index is 2.50. The van der Waals surface area contributed by atoms with Gasteiger partial charge in [0.15, 0.2) is 0 Å².